The Hall–Kier alpha value is -1.94. The molecule has 3 nitrogen and oxygen atoms in total. The van der Waals surface area contributed by atoms with Gasteiger partial charge in [0.05, 0.1) is 5.39 Å². The molecular weight excluding hydrogens is 256 g/mol. The Kier molecular flexibility index (Phi) is 2.32. The highest BCUT2D eigenvalue weighted by atomic mass is 32.1. The summed E-state index contributed by atoms with van der Waals surface area (Å²) in [5.41, 5.74) is 1.72. The van der Waals surface area contributed by atoms with E-state index in [9.17, 15) is 0 Å². The molecule has 0 saturated carbocycles. The number of benzene rings is 1. The molecule has 3 aromatic rings. The van der Waals surface area contributed by atoms with Crippen LogP contribution in [0, 0.1) is 4.64 Å². The van der Waals surface area contributed by atoms with E-state index in [0.29, 0.717) is 5.71 Å². The first-order valence-corrected chi connectivity index (χ1v) is 6.82. The number of hydrogen-bond acceptors (Lipinski definition) is 3. The molecule has 0 aliphatic carbocycles. The lowest BCUT2D eigenvalue weighted by molar-refractivity contribution is 0.612. The van der Waals surface area contributed by atoms with Gasteiger partial charge in [-0.1, -0.05) is 42.5 Å². The van der Waals surface area contributed by atoms with Gasteiger partial charge in [-0.05, 0) is 12.5 Å². The summed E-state index contributed by atoms with van der Waals surface area (Å²) in [7, 11) is 0. The number of furan rings is 1. The van der Waals surface area contributed by atoms with Crippen LogP contribution in [-0.4, -0.2) is 9.55 Å². The van der Waals surface area contributed by atoms with Gasteiger partial charge in [-0.15, -0.1) is 0 Å². The summed E-state index contributed by atoms with van der Waals surface area (Å²) in [5, 5.41) is 0.944. The second-order valence-corrected chi connectivity index (χ2v) is 5.17. The fraction of sp³-hybridized carbons (Fsp3) is 0.200. The van der Waals surface area contributed by atoms with Crippen molar-refractivity contribution in [3.63, 3.8) is 0 Å². The lowest BCUT2D eigenvalue weighted by Gasteiger charge is -2.02. The van der Waals surface area contributed by atoms with Crippen molar-refractivity contribution in [3.05, 3.63) is 46.9 Å². The van der Waals surface area contributed by atoms with E-state index in [1.165, 1.54) is 0 Å². The van der Waals surface area contributed by atoms with Crippen molar-refractivity contribution in [3.8, 4) is 11.3 Å². The smallest absolute Gasteiger partial charge is 0.231 e. The van der Waals surface area contributed by atoms with Crippen LogP contribution >= 0.6 is 12.2 Å². The molecular formula is C15H12N2OS. The molecule has 0 saturated heterocycles. The fourth-order valence-electron chi connectivity index (χ4n) is 2.62. The van der Waals surface area contributed by atoms with E-state index in [1.54, 1.807) is 0 Å². The van der Waals surface area contributed by atoms with Crippen LogP contribution in [0.15, 0.2) is 40.8 Å². The third-order valence-corrected chi connectivity index (χ3v) is 4.01. The molecule has 1 aromatic carbocycles. The van der Waals surface area contributed by atoms with Gasteiger partial charge in [-0.2, -0.15) is 4.98 Å². The summed E-state index contributed by atoms with van der Waals surface area (Å²) in [5.74, 6) is 1.88. The number of nitrogens with zero attached hydrogens (tertiary/aromatic N) is 2. The molecule has 0 atom stereocenters. The molecule has 2 aromatic heterocycles. The van der Waals surface area contributed by atoms with E-state index in [1.807, 2.05) is 36.4 Å². The van der Waals surface area contributed by atoms with Crippen molar-refractivity contribution in [2.24, 2.45) is 0 Å². The van der Waals surface area contributed by atoms with Crippen LogP contribution in [-0.2, 0) is 13.0 Å². The topological polar surface area (TPSA) is 31.0 Å². The lowest BCUT2D eigenvalue weighted by atomic mass is 10.2. The maximum atomic E-state index is 5.87. The zero-order valence-corrected chi connectivity index (χ0v) is 11.1. The first-order valence-electron chi connectivity index (χ1n) is 6.41. The quantitative estimate of drug-likeness (QED) is 0.626. The molecule has 0 bridgehead atoms. The standard InChI is InChI=1S/C15H12N2OS/c19-15-11-9-12(10-5-2-1-3-6-10)18-14(11)16-13-7-4-8-17(13)15/h1-3,5-6,9H,4,7-8H2. The molecule has 0 fully saturated rings. The number of aryl methyl sites for hydroxylation is 1. The lowest BCUT2D eigenvalue weighted by Crippen LogP contribution is -2.00. The Morgan fingerprint density at radius 3 is 2.89 bits per heavy atom. The summed E-state index contributed by atoms with van der Waals surface area (Å²) in [4.78, 5) is 4.59. The Bertz CT molecular complexity index is 817. The van der Waals surface area contributed by atoms with Crippen LogP contribution < -0.4 is 0 Å². The van der Waals surface area contributed by atoms with Gasteiger partial charge < -0.3 is 8.98 Å². The number of fused-ring (bicyclic) bond motifs is 2. The summed E-state index contributed by atoms with van der Waals surface area (Å²) in [6.07, 6.45) is 2.11. The van der Waals surface area contributed by atoms with E-state index in [0.717, 1.165) is 46.6 Å². The Labute approximate surface area is 115 Å². The van der Waals surface area contributed by atoms with Gasteiger partial charge >= 0.3 is 0 Å². The highest BCUT2D eigenvalue weighted by Gasteiger charge is 2.17. The Balaban J connectivity index is 1.99. The summed E-state index contributed by atoms with van der Waals surface area (Å²) >= 11 is 5.55. The Morgan fingerprint density at radius 1 is 1.21 bits per heavy atom. The first-order chi connectivity index (χ1) is 9.33. The van der Waals surface area contributed by atoms with Gasteiger partial charge in [0.15, 0.2) is 0 Å². The molecule has 19 heavy (non-hydrogen) atoms. The molecule has 1 aliphatic rings. The van der Waals surface area contributed by atoms with Gasteiger partial charge in [0.1, 0.15) is 16.2 Å². The van der Waals surface area contributed by atoms with Crippen molar-refractivity contribution in [1.82, 2.24) is 9.55 Å². The second-order valence-electron chi connectivity index (χ2n) is 4.78. The molecule has 94 valence electrons. The van der Waals surface area contributed by atoms with Gasteiger partial charge in [0.25, 0.3) is 0 Å². The average Bonchev–Trinajstić information content (AvgIpc) is 3.06. The van der Waals surface area contributed by atoms with Crippen LogP contribution in [0.2, 0.25) is 0 Å². The minimum atomic E-state index is 0.664. The van der Waals surface area contributed by atoms with Crippen LogP contribution in [0.5, 0.6) is 0 Å². The fourth-order valence-corrected chi connectivity index (χ4v) is 2.96. The predicted octanol–water partition coefficient (Wildman–Crippen LogP) is 3.97. The van der Waals surface area contributed by atoms with Crippen molar-refractivity contribution >= 4 is 23.3 Å². The minimum absolute atomic E-state index is 0.664. The molecule has 0 radical (unpaired) electrons. The molecule has 0 spiro atoms. The zero-order valence-electron chi connectivity index (χ0n) is 10.3. The van der Waals surface area contributed by atoms with Crippen molar-refractivity contribution < 1.29 is 4.42 Å². The molecule has 0 N–H and O–H groups in total. The largest absolute Gasteiger partial charge is 0.438 e. The molecule has 4 rings (SSSR count). The summed E-state index contributed by atoms with van der Waals surface area (Å²) in [6, 6.07) is 12.1. The second kappa shape index (κ2) is 4.03. The van der Waals surface area contributed by atoms with Gasteiger partial charge in [0, 0.05) is 18.5 Å². The SMILES string of the molecule is S=c1c2cc(-c3ccccc3)oc2nc2n1CCC2. The highest BCUT2D eigenvalue weighted by molar-refractivity contribution is 7.71. The van der Waals surface area contributed by atoms with Crippen LogP contribution in [0.4, 0.5) is 0 Å². The number of rotatable bonds is 1. The number of aromatic nitrogens is 2. The van der Waals surface area contributed by atoms with Crippen molar-refractivity contribution in [2.75, 3.05) is 0 Å². The monoisotopic (exact) mass is 268 g/mol. The van der Waals surface area contributed by atoms with E-state index < -0.39 is 0 Å². The third-order valence-electron chi connectivity index (χ3n) is 3.57. The molecule has 0 amide bonds. The maximum absolute atomic E-state index is 5.87. The molecule has 0 unspecified atom stereocenters. The minimum Gasteiger partial charge on any atom is -0.438 e. The third kappa shape index (κ3) is 1.64. The Morgan fingerprint density at radius 2 is 2.05 bits per heavy atom. The van der Waals surface area contributed by atoms with Gasteiger partial charge in [-0.3, -0.25) is 0 Å². The van der Waals surface area contributed by atoms with Crippen LogP contribution in [0.1, 0.15) is 12.2 Å². The van der Waals surface area contributed by atoms with Crippen molar-refractivity contribution in [1.29, 1.82) is 0 Å². The van der Waals surface area contributed by atoms with E-state index in [4.69, 9.17) is 16.6 Å². The molecule has 1 aliphatic heterocycles. The van der Waals surface area contributed by atoms with Gasteiger partial charge in [0.2, 0.25) is 5.71 Å². The van der Waals surface area contributed by atoms with Crippen LogP contribution in [0.25, 0.3) is 22.4 Å². The zero-order chi connectivity index (χ0) is 12.8. The first kappa shape index (κ1) is 10.9. The predicted molar refractivity (Wildman–Crippen MR) is 76.6 cm³/mol. The van der Waals surface area contributed by atoms with Crippen molar-refractivity contribution in [2.45, 2.75) is 19.4 Å². The van der Waals surface area contributed by atoms with E-state index in [-0.39, 0.29) is 0 Å². The van der Waals surface area contributed by atoms with Crippen LogP contribution in [0.3, 0.4) is 0 Å². The normalized spacial score (nSPS) is 13.9. The van der Waals surface area contributed by atoms with E-state index >= 15 is 0 Å². The van der Waals surface area contributed by atoms with E-state index in [2.05, 4.69) is 9.55 Å². The summed E-state index contributed by atoms with van der Waals surface area (Å²) < 4.78 is 8.85. The molecule has 4 heteroatoms. The summed E-state index contributed by atoms with van der Waals surface area (Å²) in [6.45, 7) is 0.975. The molecule has 3 heterocycles. The highest BCUT2D eigenvalue weighted by Crippen LogP contribution is 2.29. The number of hydrogen-bond donors (Lipinski definition) is 0. The van der Waals surface area contributed by atoms with Gasteiger partial charge in [-0.25, -0.2) is 0 Å². The maximum Gasteiger partial charge on any atom is 0.231 e. The average molecular weight is 268 g/mol.